The Morgan fingerprint density at radius 2 is 0.649 bits per heavy atom. The van der Waals surface area contributed by atoms with Crippen molar-refractivity contribution < 1.29 is 24.5 Å². The van der Waals surface area contributed by atoms with E-state index in [2.05, 4.69) is 43.5 Å². The van der Waals surface area contributed by atoms with E-state index >= 15 is 0 Å². The first-order chi connectivity index (χ1) is 38.0. The van der Waals surface area contributed by atoms with Gasteiger partial charge in [-0.1, -0.05) is 352 Å². The maximum absolute atomic E-state index is 12.5. The summed E-state index contributed by atoms with van der Waals surface area (Å²) in [5.41, 5.74) is 0. The zero-order chi connectivity index (χ0) is 55.7. The molecule has 6 heteroatoms. The number of aliphatic hydroxyl groups is 2. The van der Waals surface area contributed by atoms with Crippen LogP contribution in [0.3, 0.4) is 0 Å². The number of hydrogen-bond acceptors (Lipinski definition) is 5. The second-order valence-electron chi connectivity index (χ2n) is 23.9. The van der Waals surface area contributed by atoms with Crippen molar-refractivity contribution in [1.82, 2.24) is 5.32 Å². The van der Waals surface area contributed by atoms with Crippen LogP contribution in [0.25, 0.3) is 0 Å². The van der Waals surface area contributed by atoms with E-state index in [-0.39, 0.29) is 18.5 Å². The summed E-state index contributed by atoms with van der Waals surface area (Å²) in [6.45, 7) is 4.83. The maximum atomic E-state index is 12.5. The van der Waals surface area contributed by atoms with Gasteiger partial charge in [0, 0.05) is 12.8 Å². The molecule has 0 aromatic rings. The van der Waals surface area contributed by atoms with Gasteiger partial charge in [-0.25, -0.2) is 0 Å². The predicted molar refractivity (Wildman–Crippen MR) is 338 cm³/mol. The molecular weight excluding hydrogens is 947 g/mol. The molecule has 2 unspecified atom stereocenters. The van der Waals surface area contributed by atoms with E-state index in [9.17, 15) is 19.8 Å². The van der Waals surface area contributed by atoms with Crippen molar-refractivity contribution in [3.63, 3.8) is 0 Å². The standard InChI is InChI=1S/C71H135NO5/c1-3-5-7-9-11-13-15-17-19-21-23-25-28-31-35-39-43-47-51-55-59-63-69(74)68(67-73)72-70(75)64-60-56-52-48-44-40-36-32-29-26-24-27-30-34-38-42-46-50-54-58-62-66-77-71(76)65-61-57-53-49-45-41-37-33-22-20-18-16-14-12-10-8-6-4-2/h42,46,54,58-59,63,68-69,73-74H,3-41,43-45,47-53,55-57,60-62,64-67H2,1-2H3,(H,72,75)/b46-42-,58-54-,63-59+. The molecule has 0 aliphatic carbocycles. The van der Waals surface area contributed by atoms with Gasteiger partial charge in [-0.15, -0.1) is 0 Å². The molecule has 0 heterocycles. The molecule has 0 rings (SSSR count). The Morgan fingerprint density at radius 3 is 0.987 bits per heavy atom. The summed E-state index contributed by atoms with van der Waals surface area (Å²) in [4.78, 5) is 24.6. The van der Waals surface area contributed by atoms with Gasteiger partial charge in [0.25, 0.3) is 0 Å². The number of allylic oxidation sites excluding steroid dienone is 4. The van der Waals surface area contributed by atoms with Gasteiger partial charge in [0.15, 0.2) is 0 Å². The van der Waals surface area contributed by atoms with Crippen LogP contribution in [0.2, 0.25) is 0 Å². The van der Waals surface area contributed by atoms with E-state index in [1.165, 1.54) is 302 Å². The van der Waals surface area contributed by atoms with Crippen LogP contribution >= 0.6 is 0 Å². The Kier molecular flexibility index (Phi) is 64.9. The Morgan fingerprint density at radius 1 is 0.364 bits per heavy atom. The maximum Gasteiger partial charge on any atom is 0.305 e. The van der Waals surface area contributed by atoms with Crippen LogP contribution in [0.4, 0.5) is 0 Å². The summed E-state index contributed by atoms with van der Waals surface area (Å²) in [5, 5.41) is 23.2. The molecular formula is C71H135NO5. The lowest BCUT2D eigenvalue weighted by Crippen LogP contribution is -2.45. The number of aliphatic hydroxyl groups excluding tert-OH is 2. The second-order valence-corrected chi connectivity index (χ2v) is 23.9. The summed E-state index contributed by atoms with van der Waals surface area (Å²) in [6.07, 6.45) is 85.1. The second kappa shape index (κ2) is 66.6. The van der Waals surface area contributed by atoms with Gasteiger partial charge >= 0.3 is 5.97 Å². The van der Waals surface area contributed by atoms with E-state index in [1.807, 2.05) is 6.08 Å². The first-order valence-corrected chi connectivity index (χ1v) is 34.8. The van der Waals surface area contributed by atoms with Crippen molar-refractivity contribution in [2.45, 2.75) is 392 Å². The van der Waals surface area contributed by atoms with Crippen LogP contribution < -0.4 is 5.32 Å². The van der Waals surface area contributed by atoms with E-state index in [0.29, 0.717) is 19.4 Å². The van der Waals surface area contributed by atoms with Gasteiger partial charge in [0.2, 0.25) is 5.91 Å². The number of esters is 1. The summed E-state index contributed by atoms with van der Waals surface area (Å²) in [6, 6.07) is -0.633. The van der Waals surface area contributed by atoms with Gasteiger partial charge in [-0.05, 0) is 51.4 Å². The number of amides is 1. The summed E-state index contributed by atoms with van der Waals surface area (Å²) in [7, 11) is 0. The van der Waals surface area contributed by atoms with Crippen molar-refractivity contribution in [1.29, 1.82) is 0 Å². The molecule has 3 N–H and O–H groups in total. The van der Waals surface area contributed by atoms with Crippen LogP contribution in [-0.4, -0.2) is 47.4 Å². The number of rotatable bonds is 65. The summed E-state index contributed by atoms with van der Waals surface area (Å²) >= 11 is 0. The summed E-state index contributed by atoms with van der Waals surface area (Å²) < 4.78 is 5.44. The fourth-order valence-electron chi connectivity index (χ4n) is 10.9. The molecule has 77 heavy (non-hydrogen) atoms. The van der Waals surface area contributed by atoms with Crippen LogP contribution in [0.15, 0.2) is 36.5 Å². The average Bonchev–Trinajstić information content (AvgIpc) is 3.43. The lowest BCUT2D eigenvalue weighted by atomic mass is 10.0. The molecule has 0 fully saturated rings. The molecule has 0 aliphatic heterocycles. The SMILES string of the molecule is CCCCCCCCCCCCCCCCCCCCC/C=C/C(O)C(CO)NC(=O)CCCCCCCCCCCCCCCC/C=C\C/C=C\CCOC(=O)CCCCCCCCCCCCCCCCCCCC. The molecule has 6 nitrogen and oxygen atoms in total. The third kappa shape index (κ3) is 63.1. The van der Waals surface area contributed by atoms with Gasteiger partial charge in [-0.3, -0.25) is 9.59 Å². The topological polar surface area (TPSA) is 95.9 Å². The molecule has 0 bridgehead atoms. The molecule has 0 aliphatic rings. The molecule has 454 valence electrons. The number of ether oxygens (including phenoxy) is 1. The van der Waals surface area contributed by atoms with Gasteiger partial charge in [-0.2, -0.15) is 0 Å². The van der Waals surface area contributed by atoms with E-state index in [1.54, 1.807) is 6.08 Å². The highest BCUT2D eigenvalue weighted by Crippen LogP contribution is 2.18. The fraction of sp³-hybridized carbons (Fsp3) is 0.887. The van der Waals surface area contributed by atoms with Gasteiger partial charge in [0.1, 0.15) is 0 Å². The minimum atomic E-state index is -0.849. The van der Waals surface area contributed by atoms with Crippen LogP contribution in [0.1, 0.15) is 380 Å². The Labute approximate surface area is 481 Å². The molecule has 0 saturated heterocycles. The third-order valence-electron chi connectivity index (χ3n) is 16.2. The highest BCUT2D eigenvalue weighted by atomic mass is 16.5. The van der Waals surface area contributed by atoms with Gasteiger partial charge in [0.05, 0.1) is 25.4 Å². The largest absolute Gasteiger partial charge is 0.465 e. The summed E-state index contributed by atoms with van der Waals surface area (Å²) in [5.74, 6) is -0.100. The Bertz CT molecular complexity index is 1250. The number of hydrogen-bond donors (Lipinski definition) is 3. The number of carbonyl (C=O) groups excluding carboxylic acids is 2. The first-order valence-electron chi connectivity index (χ1n) is 34.8. The van der Waals surface area contributed by atoms with Crippen LogP contribution in [0, 0.1) is 0 Å². The Hall–Kier alpha value is -1.92. The molecule has 0 saturated carbocycles. The van der Waals surface area contributed by atoms with E-state index in [0.717, 1.165) is 51.4 Å². The first kappa shape index (κ1) is 75.1. The smallest absolute Gasteiger partial charge is 0.305 e. The monoisotopic (exact) mass is 1080 g/mol. The molecule has 2 atom stereocenters. The molecule has 1 amide bonds. The highest BCUT2D eigenvalue weighted by molar-refractivity contribution is 5.76. The fourth-order valence-corrected chi connectivity index (χ4v) is 10.9. The van der Waals surface area contributed by atoms with Crippen molar-refractivity contribution in [3.8, 4) is 0 Å². The lowest BCUT2D eigenvalue weighted by Gasteiger charge is -2.20. The quantitative estimate of drug-likeness (QED) is 0.0320. The van der Waals surface area contributed by atoms with Crippen molar-refractivity contribution in [2.75, 3.05) is 13.2 Å². The zero-order valence-electron chi connectivity index (χ0n) is 52.0. The minimum absolute atomic E-state index is 0.0308. The molecule has 0 aromatic heterocycles. The van der Waals surface area contributed by atoms with Crippen molar-refractivity contribution in [2.24, 2.45) is 0 Å². The minimum Gasteiger partial charge on any atom is -0.465 e. The third-order valence-corrected chi connectivity index (χ3v) is 16.2. The average molecular weight is 1080 g/mol. The normalized spacial score (nSPS) is 12.7. The van der Waals surface area contributed by atoms with Crippen LogP contribution in [0.5, 0.6) is 0 Å². The number of carbonyl (C=O) groups is 2. The number of unbranched alkanes of at least 4 members (excludes halogenated alkanes) is 50. The predicted octanol–water partition coefficient (Wildman–Crippen LogP) is 22.3. The van der Waals surface area contributed by atoms with Crippen molar-refractivity contribution in [3.05, 3.63) is 36.5 Å². The Balaban J connectivity index is 3.46. The molecule has 0 aromatic carbocycles. The van der Waals surface area contributed by atoms with Crippen molar-refractivity contribution >= 4 is 11.9 Å². The highest BCUT2D eigenvalue weighted by Gasteiger charge is 2.18. The van der Waals surface area contributed by atoms with Crippen LogP contribution in [-0.2, 0) is 14.3 Å². The lowest BCUT2D eigenvalue weighted by molar-refractivity contribution is -0.143. The number of nitrogens with one attached hydrogen (secondary N) is 1. The molecule has 0 spiro atoms. The zero-order valence-corrected chi connectivity index (χ0v) is 52.0. The van der Waals surface area contributed by atoms with E-state index in [4.69, 9.17) is 4.74 Å². The van der Waals surface area contributed by atoms with E-state index < -0.39 is 12.1 Å². The van der Waals surface area contributed by atoms with Gasteiger partial charge < -0.3 is 20.3 Å². The molecule has 0 radical (unpaired) electrons.